The van der Waals surface area contributed by atoms with Gasteiger partial charge in [0.1, 0.15) is 5.75 Å². The molecule has 0 aliphatic carbocycles. The van der Waals surface area contributed by atoms with Gasteiger partial charge in [-0.2, -0.15) is 13.2 Å². The van der Waals surface area contributed by atoms with E-state index in [9.17, 15) is 22.4 Å². The Balaban J connectivity index is 2.95. The van der Waals surface area contributed by atoms with Crippen LogP contribution in [0.25, 0.3) is 0 Å². The van der Waals surface area contributed by atoms with Crippen LogP contribution in [0.2, 0.25) is 0 Å². The van der Waals surface area contributed by atoms with Gasteiger partial charge in [-0.3, -0.25) is 4.79 Å². The maximum absolute atomic E-state index is 13.1. The summed E-state index contributed by atoms with van der Waals surface area (Å²) in [5.74, 6) is -1.94. The molecule has 1 N–H and O–H groups in total. The Morgan fingerprint density at radius 3 is 2.33 bits per heavy atom. The number of benzene rings is 1. The highest BCUT2D eigenvalue weighted by Crippen LogP contribution is 2.39. The Hall–Kier alpha value is -1.50. The van der Waals surface area contributed by atoms with Crippen molar-refractivity contribution in [1.29, 1.82) is 0 Å². The zero-order valence-corrected chi connectivity index (χ0v) is 9.77. The highest BCUT2D eigenvalue weighted by atomic mass is 35.5. The minimum absolute atomic E-state index is 0.0838. The molecule has 100 valence electrons. The monoisotopic (exact) mass is 285 g/mol. The summed E-state index contributed by atoms with van der Waals surface area (Å²) in [6, 6.07) is 5.60. The van der Waals surface area contributed by atoms with E-state index in [1.807, 2.05) is 0 Å². The van der Waals surface area contributed by atoms with Crippen LogP contribution in [0.1, 0.15) is 0 Å². The fourth-order valence-electron chi connectivity index (χ4n) is 1.08. The number of carbonyl (C=O) groups excluding carboxylic acids is 1. The number of nitrogens with one attached hydrogen (secondary N) is 1. The molecule has 1 amide bonds. The summed E-state index contributed by atoms with van der Waals surface area (Å²) >= 11 is 4.56. The second-order valence-electron chi connectivity index (χ2n) is 3.23. The minimum Gasteiger partial charge on any atom is -0.495 e. The summed E-state index contributed by atoms with van der Waals surface area (Å²) in [5.41, 5.74) is -0.114. The van der Waals surface area contributed by atoms with Gasteiger partial charge in [-0.25, -0.2) is 4.39 Å². The quantitative estimate of drug-likeness (QED) is 0.684. The van der Waals surface area contributed by atoms with Crippen LogP contribution in [0.15, 0.2) is 24.3 Å². The third-order valence-electron chi connectivity index (χ3n) is 2.00. The first kappa shape index (κ1) is 14.6. The fourth-order valence-corrected chi connectivity index (χ4v) is 1.12. The van der Waals surface area contributed by atoms with Crippen molar-refractivity contribution in [1.82, 2.24) is 0 Å². The lowest BCUT2D eigenvalue weighted by Crippen LogP contribution is -2.46. The number of carbonyl (C=O) groups is 1. The van der Waals surface area contributed by atoms with Gasteiger partial charge in [0.15, 0.2) is 0 Å². The molecule has 1 rings (SSSR count). The normalized spacial score (nSPS) is 14.8. The third kappa shape index (κ3) is 2.84. The van der Waals surface area contributed by atoms with Crippen LogP contribution in [-0.2, 0) is 4.79 Å². The molecule has 0 spiro atoms. The summed E-state index contributed by atoms with van der Waals surface area (Å²) in [4.78, 5) is 11.2. The summed E-state index contributed by atoms with van der Waals surface area (Å²) < 4.78 is 54.4. The number of methoxy groups -OCH3 is 1. The molecule has 0 aliphatic rings. The molecule has 0 heterocycles. The maximum atomic E-state index is 13.1. The number of hydrogen-bond acceptors (Lipinski definition) is 2. The first-order valence-electron chi connectivity index (χ1n) is 4.59. The number of halogens is 5. The summed E-state index contributed by atoms with van der Waals surface area (Å²) in [5, 5.41) is -2.77. The molecule has 0 aromatic heterocycles. The van der Waals surface area contributed by atoms with Gasteiger partial charge < -0.3 is 10.1 Å². The van der Waals surface area contributed by atoms with Crippen LogP contribution in [0.3, 0.4) is 0 Å². The first-order valence-corrected chi connectivity index (χ1v) is 4.97. The van der Waals surface area contributed by atoms with Crippen molar-refractivity contribution in [2.24, 2.45) is 0 Å². The number of ether oxygens (including phenoxy) is 1. The van der Waals surface area contributed by atoms with Crippen LogP contribution < -0.4 is 10.1 Å². The Bertz CT molecular complexity index is 448. The van der Waals surface area contributed by atoms with Crippen molar-refractivity contribution in [2.75, 3.05) is 12.4 Å². The number of rotatable bonds is 3. The van der Waals surface area contributed by atoms with Gasteiger partial charge in [-0.15, -0.1) is 0 Å². The summed E-state index contributed by atoms with van der Waals surface area (Å²) in [7, 11) is 1.25. The Kier molecular flexibility index (Phi) is 4.05. The molecule has 18 heavy (non-hydrogen) atoms. The molecule has 0 saturated carbocycles. The van der Waals surface area contributed by atoms with Crippen molar-refractivity contribution in [3.05, 3.63) is 24.3 Å². The molecule has 3 nitrogen and oxygen atoms in total. The lowest BCUT2D eigenvalue weighted by molar-refractivity contribution is -0.197. The molecule has 8 heteroatoms. The van der Waals surface area contributed by atoms with E-state index in [0.29, 0.717) is 0 Å². The number of amides is 1. The Labute approximate surface area is 105 Å². The Morgan fingerprint density at radius 1 is 1.28 bits per heavy atom. The number of alkyl halides is 5. The van der Waals surface area contributed by atoms with Crippen molar-refractivity contribution >= 4 is 23.2 Å². The number of hydrogen-bond donors (Lipinski definition) is 1. The Morgan fingerprint density at radius 2 is 1.83 bits per heavy atom. The van der Waals surface area contributed by atoms with Crippen LogP contribution in [0.5, 0.6) is 5.75 Å². The van der Waals surface area contributed by atoms with Gasteiger partial charge in [0.25, 0.3) is 5.91 Å². The van der Waals surface area contributed by atoms with E-state index in [1.54, 1.807) is 5.32 Å². The van der Waals surface area contributed by atoms with E-state index in [4.69, 9.17) is 4.74 Å². The molecule has 0 aliphatic heterocycles. The lowest BCUT2D eigenvalue weighted by Gasteiger charge is -2.20. The smallest absolute Gasteiger partial charge is 0.446 e. The largest absolute Gasteiger partial charge is 0.495 e. The molecule has 0 saturated heterocycles. The summed E-state index contributed by atoms with van der Waals surface area (Å²) in [6.07, 6.45) is -5.51. The average molecular weight is 286 g/mol. The number of para-hydroxylation sites is 2. The highest BCUT2D eigenvalue weighted by Gasteiger charge is 2.61. The van der Waals surface area contributed by atoms with Crippen LogP contribution in [0.4, 0.5) is 23.2 Å². The first-order chi connectivity index (χ1) is 8.20. The molecule has 1 aromatic rings. The van der Waals surface area contributed by atoms with E-state index in [-0.39, 0.29) is 11.4 Å². The van der Waals surface area contributed by atoms with Gasteiger partial charge in [0.05, 0.1) is 12.8 Å². The predicted molar refractivity (Wildman–Crippen MR) is 57.4 cm³/mol. The molecule has 1 aromatic carbocycles. The molecule has 0 unspecified atom stereocenters. The zero-order chi connectivity index (χ0) is 14.0. The van der Waals surface area contributed by atoms with E-state index in [1.165, 1.54) is 31.4 Å². The molecule has 1 atom stereocenters. The van der Waals surface area contributed by atoms with Crippen LogP contribution in [0, 0.1) is 0 Å². The van der Waals surface area contributed by atoms with Gasteiger partial charge in [0, 0.05) is 0 Å². The van der Waals surface area contributed by atoms with E-state index in [2.05, 4.69) is 11.6 Å². The second-order valence-corrected chi connectivity index (χ2v) is 3.75. The number of anilines is 1. The fraction of sp³-hybridized carbons (Fsp3) is 0.300. The minimum atomic E-state index is -5.51. The standard InChI is InChI=1S/C10H8ClF4NO2/c1-18-7-5-3-2-4-6(7)16-8(17)9(11,12)10(13,14)15/h2-5H,1H3,(H,16,17)/t9-/m0/s1. The molecule has 0 fully saturated rings. The van der Waals surface area contributed by atoms with Crippen molar-refractivity contribution in [2.45, 2.75) is 11.3 Å². The summed E-state index contributed by atoms with van der Waals surface area (Å²) in [6.45, 7) is 0. The molecule has 0 bridgehead atoms. The predicted octanol–water partition coefficient (Wildman–Crippen LogP) is 3.10. The highest BCUT2D eigenvalue weighted by molar-refractivity contribution is 6.36. The maximum Gasteiger partial charge on any atom is 0.446 e. The van der Waals surface area contributed by atoms with E-state index in [0.717, 1.165) is 0 Å². The molecule has 0 radical (unpaired) electrons. The molecular weight excluding hydrogens is 278 g/mol. The van der Waals surface area contributed by atoms with Crippen molar-refractivity contribution < 1.29 is 27.1 Å². The van der Waals surface area contributed by atoms with Crippen molar-refractivity contribution in [3.8, 4) is 5.75 Å². The van der Waals surface area contributed by atoms with E-state index < -0.39 is 17.2 Å². The average Bonchev–Trinajstić information content (AvgIpc) is 2.28. The van der Waals surface area contributed by atoms with Gasteiger partial charge in [-0.1, -0.05) is 23.7 Å². The van der Waals surface area contributed by atoms with Gasteiger partial charge in [-0.05, 0) is 12.1 Å². The van der Waals surface area contributed by atoms with Crippen LogP contribution in [-0.4, -0.2) is 24.3 Å². The van der Waals surface area contributed by atoms with Crippen LogP contribution >= 0.6 is 11.6 Å². The molecular formula is C10H8ClF4NO2. The topological polar surface area (TPSA) is 38.3 Å². The second kappa shape index (κ2) is 5.01. The van der Waals surface area contributed by atoms with E-state index >= 15 is 0 Å². The van der Waals surface area contributed by atoms with Gasteiger partial charge in [0.2, 0.25) is 0 Å². The SMILES string of the molecule is COc1ccccc1NC(=O)[C@@](F)(Cl)C(F)(F)F. The zero-order valence-electron chi connectivity index (χ0n) is 9.02. The van der Waals surface area contributed by atoms with Gasteiger partial charge >= 0.3 is 11.3 Å². The third-order valence-corrected chi connectivity index (χ3v) is 2.38. The lowest BCUT2D eigenvalue weighted by atomic mass is 10.2. The van der Waals surface area contributed by atoms with Crippen molar-refractivity contribution in [3.63, 3.8) is 0 Å².